The molecule has 0 radical (unpaired) electrons. The SMILES string of the molecule is C=CCOC(=O)[C@H](Cc1ccccc1)NCc1ccccc1. The molecule has 22 heavy (non-hydrogen) atoms. The Labute approximate surface area is 131 Å². The maximum absolute atomic E-state index is 12.2. The Morgan fingerprint density at radius 2 is 1.64 bits per heavy atom. The van der Waals surface area contributed by atoms with E-state index in [1.165, 1.54) is 0 Å². The van der Waals surface area contributed by atoms with Crippen molar-refractivity contribution >= 4 is 5.97 Å². The first kappa shape index (κ1) is 16.0. The Hall–Kier alpha value is -2.39. The summed E-state index contributed by atoms with van der Waals surface area (Å²) < 4.78 is 5.19. The first-order chi connectivity index (χ1) is 10.8. The van der Waals surface area contributed by atoms with Crippen molar-refractivity contribution in [3.8, 4) is 0 Å². The smallest absolute Gasteiger partial charge is 0.323 e. The van der Waals surface area contributed by atoms with E-state index in [4.69, 9.17) is 4.74 Å². The first-order valence-electron chi connectivity index (χ1n) is 7.38. The molecule has 0 heterocycles. The van der Waals surface area contributed by atoms with Crippen LogP contribution in [0.25, 0.3) is 0 Å². The average molecular weight is 295 g/mol. The van der Waals surface area contributed by atoms with Crippen molar-refractivity contribution in [2.24, 2.45) is 0 Å². The Bertz CT molecular complexity index is 581. The minimum absolute atomic E-state index is 0.233. The molecule has 2 aromatic carbocycles. The van der Waals surface area contributed by atoms with Gasteiger partial charge >= 0.3 is 5.97 Å². The quantitative estimate of drug-likeness (QED) is 0.600. The highest BCUT2D eigenvalue weighted by Crippen LogP contribution is 2.06. The second kappa shape index (κ2) is 8.80. The van der Waals surface area contributed by atoms with Crippen molar-refractivity contribution in [2.75, 3.05) is 6.61 Å². The molecule has 3 nitrogen and oxygen atoms in total. The molecule has 0 aromatic heterocycles. The van der Waals surface area contributed by atoms with Crippen LogP contribution in [0.3, 0.4) is 0 Å². The van der Waals surface area contributed by atoms with Crippen LogP contribution >= 0.6 is 0 Å². The van der Waals surface area contributed by atoms with E-state index in [1.807, 2.05) is 60.7 Å². The number of carbonyl (C=O) groups excluding carboxylic acids is 1. The van der Waals surface area contributed by atoms with Gasteiger partial charge in [-0.2, -0.15) is 0 Å². The van der Waals surface area contributed by atoms with Crippen LogP contribution in [0.2, 0.25) is 0 Å². The van der Waals surface area contributed by atoms with Crippen molar-refractivity contribution in [1.29, 1.82) is 0 Å². The molecule has 0 aliphatic heterocycles. The van der Waals surface area contributed by atoms with Crippen molar-refractivity contribution in [3.63, 3.8) is 0 Å². The zero-order chi connectivity index (χ0) is 15.6. The Morgan fingerprint density at radius 1 is 1.05 bits per heavy atom. The van der Waals surface area contributed by atoms with E-state index < -0.39 is 0 Å². The molecule has 114 valence electrons. The highest BCUT2D eigenvalue weighted by molar-refractivity contribution is 5.76. The number of esters is 1. The second-order valence-electron chi connectivity index (χ2n) is 5.03. The molecular weight excluding hydrogens is 274 g/mol. The zero-order valence-corrected chi connectivity index (χ0v) is 12.6. The van der Waals surface area contributed by atoms with Gasteiger partial charge in [0.25, 0.3) is 0 Å². The largest absolute Gasteiger partial charge is 0.460 e. The Kier molecular flexibility index (Phi) is 6.39. The lowest BCUT2D eigenvalue weighted by molar-refractivity contribution is -0.144. The van der Waals surface area contributed by atoms with Crippen LogP contribution in [-0.2, 0) is 22.5 Å². The summed E-state index contributed by atoms with van der Waals surface area (Å²) in [4.78, 5) is 12.2. The van der Waals surface area contributed by atoms with E-state index in [9.17, 15) is 4.79 Å². The maximum atomic E-state index is 12.2. The van der Waals surface area contributed by atoms with Gasteiger partial charge in [0.15, 0.2) is 0 Å². The number of benzene rings is 2. The molecule has 0 fully saturated rings. The van der Waals surface area contributed by atoms with E-state index in [-0.39, 0.29) is 18.6 Å². The van der Waals surface area contributed by atoms with Crippen LogP contribution in [-0.4, -0.2) is 18.6 Å². The lowest BCUT2D eigenvalue weighted by atomic mass is 10.1. The number of carbonyl (C=O) groups is 1. The summed E-state index contributed by atoms with van der Waals surface area (Å²) in [5.41, 5.74) is 2.24. The molecule has 0 bridgehead atoms. The average Bonchev–Trinajstić information content (AvgIpc) is 2.58. The number of ether oxygens (including phenoxy) is 1. The van der Waals surface area contributed by atoms with Crippen LogP contribution in [0.4, 0.5) is 0 Å². The highest BCUT2D eigenvalue weighted by atomic mass is 16.5. The molecule has 0 unspecified atom stereocenters. The second-order valence-corrected chi connectivity index (χ2v) is 5.03. The summed E-state index contributed by atoms with van der Waals surface area (Å²) in [5, 5.41) is 3.28. The van der Waals surface area contributed by atoms with Gasteiger partial charge in [0, 0.05) is 6.54 Å². The molecule has 0 amide bonds. The molecule has 1 N–H and O–H groups in total. The third-order valence-electron chi connectivity index (χ3n) is 3.31. The van der Waals surface area contributed by atoms with Gasteiger partial charge in [0.1, 0.15) is 12.6 Å². The van der Waals surface area contributed by atoms with Gasteiger partial charge in [-0.3, -0.25) is 4.79 Å². The maximum Gasteiger partial charge on any atom is 0.323 e. The van der Waals surface area contributed by atoms with E-state index in [2.05, 4.69) is 11.9 Å². The monoisotopic (exact) mass is 295 g/mol. The fourth-order valence-corrected chi connectivity index (χ4v) is 2.17. The van der Waals surface area contributed by atoms with Crippen molar-refractivity contribution in [3.05, 3.63) is 84.4 Å². The molecule has 3 heteroatoms. The molecule has 2 aromatic rings. The van der Waals surface area contributed by atoms with Crippen molar-refractivity contribution in [2.45, 2.75) is 19.0 Å². The minimum atomic E-state index is -0.373. The number of hydrogen-bond donors (Lipinski definition) is 1. The van der Waals surface area contributed by atoms with Crippen LogP contribution < -0.4 is 5.32 Å². The summed E-state index contributed by atoms with van der Waals surface area (Å²) in [6.45, 7) is 4.43. The molecule has 0 spiro atoms. The van der Waals surface area contributed by atoms with E-state index in [0.29, 0.717) is 13.0 Å². The molecule has 2 rings (SSSR count). The zero-order valence-electron chi connectivity index (χ0n) is 12.6. The van der Waals surface area contributed by atoms with Crippen LogP contribution in [0.5, 0.6) is 0 Å². The topological polar surface area (TPSA) is 38.3 Å². The molecule has 1 atom stereocenters. The summed E-state index contributed by atoms with van der Waals surface area (Å²) in [5.74, 6) is -0.250. The normalized spacial score (nSPS) is 11.6. The molecule has 0 aliphatic carbocycles. The van der Waals surface area contributed by atoms with Crippen LogP contribution in [0.15, 0.2) is 73.3 Å². The van der Waals surface area contributed by atoms with Gasteiger partial charge in [0.2, 0.25) is 0 Å². The predicted molar refractivity (Wildman–Crippen MR) is 88.4 cm³/mol. The van der Waals surface area contributed by atoms with E-state index in [0.717, 1.165) is 11.1 Å². The summed E-state index contributed by atoms with van der Waals surface area (Å²) in [6, 6.07) is 19.6. The lowest BCUT2D eigenvalue weighted by Crippen LogP contribution is -2.39. The van der Waals surface area contributed by atoms with Crippen LogP contribution in [0.1, 0.15) is 11.1 Å². The van der Waals surface area contributed by atoms with Gasteiger partial charge in [-0.25, -0.2) is 0 Å². The van der Waals surface area contributed by atoms with Gasteiger partial charge in [-0.15, -0.1) is 0 Å². The number of nitrogens with one attached hydrogen (secondary N) is 1. The van der Waals surface area contributed by atoms with Crippen molar-refractivity contribution < 1.29 is 9.53 Å². The number of rotatable bonds is 8. The van der Waals surface area contributed by atoms with Crippen LogP contribution in [0, 0.1) is 0 Å². The first-order valence-corrected chi connectivity index (χ1v) is 7.38. The lowest BCUT2D eigenvalue weighted by Gasteiger charge is -2.17. The summed E-state index contributed by atoms with van der Waals surface area (Å²) >= 11 is 0. The molecule has 0 saturated heterocycles. The minimum Gasteiger partial charge on any atom is -0.460 e. The number of hydrogen-bond acceptors (Lipinski definition) is 3. The molecule has 0 aliphatic rings. The third-order valence-corrected chi connectivity index (χ3v) is 3.31. The summed E-state index contributed by atoms with van der Waals surface area (Å²) in [7, 11) is 0. The predicted octanol–water partition coefficient (Wildman–Crippen LogP) is 3.12. The molecule has 0 saturated carbocycles. The molecular formula is C19H21NO2. The Balaban J connectivity index is 2.00. The fourth-order valence-electron chi connectivity index (χ4n) is 2.17. The Morgan fingerprint density at radius 3 is 2.23 bits per heavy atom. The summed E-state index contributed by atoms with van der Waals surface area (Å²) in [6.07, 6.45) is 2.18. The van der Waals surface area contributed by atoms with Gasteiger partial charge < -0.3 is 10.1 Å². The van der Waals surface area contributed by atoms with Gasteiger partial charge in [0.05, 0.1) is 0 Å². The van der Waals surface area contributed by atoms with Crippen molar-refractivity contribution in [1.82, 2.24) is 5.32 Å². The highest BCUT2D eigenvalue weighted by Gasteiger charge is 2.19. The van der Waals surface area contributed by atoms with Gasteiger partial charge in [-0.1, -0.05) is 73.3 Å². The van der Waals surface area contributed by atoms with Gasteiger partial charge in [-0.05, 0) is 17.5 Å². The fraction of sp³-hybridized carbons (Fsp3) is 0.211. The van der Waals surface area contributed by atoms with E-state index in [1.54, 1.807) is 6.08 Å². The van der Waals surface area contributed by atoms with E-state index >= 15 is 0 Å². The third kappa shape index (κ3) is 5.19. The standard InChI is InChI=1S/C19H21NO2/c1-2-13-22-19(21)18(14-16-9-5-3-6-10-16)20-15-17-11-7-4-8-12-17/h2-12,18,20H,1,13-15H2/t18-/m0/s1.